The lowest BCUT2D eigenvalue weighted by Gasteiger charge is -2.18. The fraction of sp³-hybridized carbons (Fsp3) is 0.263. The molecular weight excluding hydrogens is 382 g/mol. The Morgan fingerprint density at radius 1 is 1.11 bits per heavy atom. The predicted octanol–water partition coefficient (Wildman–Crippen LogP) is 2.80. The molecule has 1 aliphatic heterocycles. The number of nitrogens with one attached hydrogen (secondary N) is 3. The van der Waals surface area contributed by atoms with Crippen molar-refractivity contribution in [3.8, 4) is 5.75 Å². The first-order valence-corrected chi connectivity index (χ1v) is 10.0. The van der Waals surface area contributed by atoms with Gasteiger partial charge >= 0.3 is 0 Å². The van der Waals surface area contributed by atoms with E-state index in [0.29, 0.717) is 22.8 Å². The molecule has 0 unspecified atom stereocenters. The van der Waals surface area contributed by atoms with Gasteiger partial charge in [0, 0.05) is 18.7 Å². The van der Waals surface area contributed by atoms with Gasteiger partial charge in [-0.05, 0) is 50.2 Å². The minimum atomic E-state index is -3.83. The van der Waals surface area contributed by atoms with Crippen molar-refractivity contribution in [2.45, 2.75) is 25.7 Å². The number of sulfonamides is 1. The third kappa shape index (κ3) is 4.25. The zero-order valence-electron chi connectivity index (χ0n) is 15.7. The normalized spacial score (nSPS) is 15.5. The van der Waals surface area contributed by atoms with Crippen molar-refractivity contribution in [3.63, 3.8) is 0 Å². The number of fused-ring (bicyclic) bond motifs is 1. The molecule has 2 aromatic rings. The smallest absolute Gasteiger partial charge is 0.261 e. The lowest BCUT2D eigenvalue weighted by molar-refractivity contribution is -0.125. The highest BCUT2D eigenvalue weighted by Gasteiger charge is 2.32. The molecule has 148 valence electrons. The van der Waals surface area contributed by atoms with Crippen molar-refractivity contribution in [2.24, 2.45) is 5.41 Å². The molecule has 9 heteroatoms. The van der Waals surface area contributed by atoms with Crippen molar-refractivity contribution in [1.82, 2.24) is 0 Å². The summed E-state index contributed by atoms with van der Waals surface area (Å²) in [6.07, 6.45) is 0. The van der Waals surface area contributed by atoms with E-state index in [-0.39, 0.29) is 23.3 Å². The summed E-state index contributed by atoms with van der Waals surface area (Å²) in [6.45, 7) is 5.08. The summed E-state index contributed by atoms with van der Waals surface area (Å²) in [7, 11) is -3.83. The highest BCUT2D eigenvalue weighted by molar-refractivity contribution is 7.92. The summed E-state index contributed by atoms with van der Waals surface area (Å²) < 4.78 is 33.4. The number of carbonyl (C=O) groups is 2. The molecule has 0 aromatic heterocycles. The van der Waals surface area contributed by atoms with Crippen LogP contribution in [-0.4, -0.2) is 26.8 Å². The average Bonchev–Trinajstić information content (AvgIpc) is 2.71. The molecule has 0 fully saturated rings. The quantitative estimate of drug-likeness (QED) is 0.726. The molecular formula is C19H21N3O5S. The van der Waals surface area contributed by atoms with Crippen molar-refractivity contribution in [3.05, 3.63) is 42.5 Å². The van der Waals surface area contributed by atoms with Crippen molar-refractivity contribution < 1.29 is 22.7 Å². The minimum absolute atomic E-state index is 0.0481. The summed E-state index contributed by atoms with van der Waals surface area (Å²) in [4.78, 5) is 23.3. The monoisotopic (exact) mass is 403 g/mol. The van der Waals surface area contributed by atoms with Gasteiger partial charge in [-0.3, -0.25) is 14.3 Å². The average molecular weight is 403 g/mol. The number of amides is 2. The summed E-state index contributed by atoms with van der Waals surface area (Å²) in [5.74, 6) is -0.0204. The third-order valence-electron chi connectivity index (χ3n) is 4.17. The van der Waals surface area contributed by atoms with Crippen LogP contribution < -0.4 is 20.1 Å². The molecule has 0 atom stereocenters. The van der Waals surface area contributed by atoms with Crippen molar-refractivity contribution >= 4 is 38.9 Å². The Morgan fingerprint density at radius 2 is 1.75 bits per heavy atom. The minimum Gasteiger partial charge on any atom is -0.490 e. The molecule has 3 N–H and O–H groups in total. The number of carbonyl (C=O) groups excluding carboxylic acids is 2. The highest BCUT2D eigenvalue weighted by Crippen LogP contribution is 2.34. The molecule has 1 aliphatic rings. The van der Waals surface area contributed by atoms with E-state index in [1.165, 1.54) is 37.3 Å². The van der Waals surface area contributed by atoms with Crippen LogP contribution in [0.2, 0.25) is 0 Å². The molecule has 0 saturated carbocycles. The summed E-state index contributed by atoms with van der Waals surface area (Å²) in [5.41, 5.74) is 0.592. The Bertz CT molecular complexity index is 1030. The maximum atomic E-state index is 12.6. The second-order valence-electron chi connectivity index (χ2n) is 7.15. The molecule has 2 amide bonds. The van der Waals surface area contributed by atoms with Crippen LogP contribution in [0.25, 0.3) is 0 Å². The van der Waals surface area contributed by atoms with E-state index in [1.54, 1.807) is 26.0 Å². The van der Waals surface area contributed by atoms with E-state index in [1.807, 2.05) is 0 Å². The molecule has 0 saturated heterocycles. The van der Waals surface area contributed by atoms with Gasteiger partial charge in [0.2, 0.25) is 11.8 Å². The predicted molar refractivity (Wildman–Crippen MR) is 106 cm³/mol. The zero-order valence-corrected chi connectivity index (χ0v) is 16.5. The fourth-order valence-electron chi connectivity index (χ4n) is 2.56. The largest absolute Gasteiger partial charge is 0.490 e. The van der Waals surface area contributed by atoms with E-state index >= 15 is 0 Å². The number of anilines is 3. The van der Waals surface area contributed by atoms with Crippen LogP contribution in [0, 0.1) is 5.41 Å². The van der Waals surface area contributed by atoms with Crippen LogP contribution in [0.4, 0.5) is 17.1 Å². The number of hydrogen-bond acceptors (Lipinski definition) is 5. The Labute approximate surface area is 163 Å². The standard InChI is InChI=1S/C19H21N3O5S/c1-12(23)20-13-4-7-15(8-5-13)28(25,26)22-14-6-9-16-17(10-14)27-11-19(2,3)18(24)21-16/h4-10,22H,11H2,1-3H3,(H,20,23)(H,21,24). The third-order valence-corrected chi connectivity index (χ3v) is 5.57. The first-order chi connectivity index (χ1) is 13.1. The number of ether oxygens (including phenoxy) is 1. The van der Waals surface area contributed by atoms with Gasteiger partial charge in [0.1, 0.15) is 12.4 Å². The van der Waals surface area contributed by atoms with Gasteiger partial charge in [-0.15, -0.1) is 0 Å². The fourth-order valence-corrected chi connectivity index (χ4v) is 3.61. The summed E-state index contributed by atoms with van der Waals surface area (Å²) in [5, 5.41) is 5.36. The van der Waals surface area contributed by atoms with Gasteiger partial charge in [-0.2, -0.15) is 0 Å². The number of benzene rings is 2. The number of rotatable bonds is 4. The molecule has 28 heavy (non-hydrogen) atoms. The molecule has 3 rings (SSSR count). The van der Waals surface area contributed by atoms with E-state index in [9.17, 15) is 18.0 Å². The van der Waals surface area contributed by atoms with E-state index < -0.39 is 15.4 Å². The molecule has 0 radical (unpaired) electrons. The molecule has 2 aromatic carbocycles. The van der Waals surface area contributed by atoms with E-state index in [4.69, 9.17) is 4.74 Å². The molecule has 1 heterocycles. The second kappa shape index (κ2) is 7.16. The van der Waals surface area contributed by atoms with Crippen LogP contribution >= 0.6 is 0 Å². The Morgan fingerprint density at radius 3 is 2.39 bits per heavy atom. The van der Waals surface area contributed by atoms with Crippen LogP contribution in [-0.2, 0) is 19.6 Å². The lowest BCUT2D eigenvalue weighted by atomic mass is 9.94. The maximum absolute atomic E-state index is 12.6. The van der Waals surface area contributed by atoms with Gasteiger partial charge in [-0.25, -0.2) is 8.42 Å². The van der Waals surface area contributed by atoms with Crippen LogP contribution in [0.15, 0.2) is 47.4 Å². The first-order valence-electron chi connectivity index (χ1n) is 8.56. The van der Waals surface area contributed by atoms with Crippen LogP contribution in [0.1, 0.15) is 20.8 Å². The highest BCUT2D eigenvalue weighted by atomic mass is 32.2. The maximum Gasteiger partial charge on any atom is 0.261 e. The summed E-state index contributed by atoms with van der Waals surface area (Å²) >= 11 is 0. The van der Waals surface area contributed by atoms with Gasteiger partial charge < -0.3 is 15.4 Å². The molecule has 0 aliphatic carbocycles. The molecule has 0 bridgehead atoms. The zero-order chi connectivity index (χ0) is 20.5. The van der Waals surface area contributed by atoms with Gasteiger partial charge in [0.15, 0.2) is 0 Å². The number of hydrogen-bond donors (Lipinski definition) is 3. The van der Waals surface area contributed by atoms with Crippen LogP contribution in [0.3, 0.4) is 0 Å². The van der Waals surface area contributed by atoms with Gasteiger partial charge in [0.25, 0.3) is 10.0 Å². The lowest BCUT2D eigenvalue weighted by Crippen LogP contribution is -2.33. The SMILES string of the molecule is CC(=O)Nc1ccc(S(=O)(=O)Nc2ccc3c(c2)OCC(C)(C)C(=O)N3)cc1. The Balaban J connectivity index is 1.81. The Hall–Kier alpha value is -3.07. The van der Waals surface area contributed by atoms with Crippen LogP contribution in [0.5, 0.6) is 5.75 Å². The molecule has 0 spiro atoms. The molecule has 8 nitrogen and oxygen atoms in total. The van der Waals surface area contributed by atoms with E-state index in [0.717, 1.165) is 0 Å². The van der Waals surface area contributed by atoms with E-state index in [2.05, 4.69) is 15.4 Å². The van der Waals surface area contributed by atoms with Gasteiger partial charge in [0.05, 0.1) is 21.7 Å². The Kier molecular flexibility index (Phi) is 5.03. The first kappa shape index (κ1) is 19.7. The topological polar surface area (TPSA) is 114 Å². The van der Waals surface area contributed by atoms with Crippen molar-refractivity contribution in [1.29, 1.82) is 0 Å². The second-order valence-corrected chi connectivity index (χ2v) is 8.83. The van der Waals surface area contributed by atoms with Gasteiger partial charge in [-0.1, -0.05) is 0 Å². The van der Waals surface area contributed by atoms with Crippen molar-refractivity contribution in [2.75, 3.05) is 22.0 Å². The summed E-state index contributed by atoms with van der Waals surface area (Å²) in [6, 6.07) is 10.5.